The SMILES string of the molecule is ClCc1cc2[nH]c1c(-c1ccccc1)c1nc(c(-c3ccccc3)c3ccc([nH]3)c(-c3ccccc3)c3nc(c2-c2ccccc2)C=C3)C=C1. The zero-order valence-corrected chi connectivity index (χ0v) is 27.8. The number of rotatable bonds is 5. The van der Waals surface area contributed by atoms with Gasteiger partial charge in [-0.05, 0) is 70.3 Å². The number of fused-ring (bicyclic) bond motifs is 8. The molecule has 0 radical (unpaired) electrons. The van der Waals surface area contributed by atoms with Crippen LogP contribution in [0.3, 0.4) is 0 Å². The molecule has 7 aromatic rings. The van der Waals surface area contributed by atoms with Gasteiger partial charge in [-0.25, -0.2) is 9.97 Å². The molecule has 4 aromatic carbocycles. The lowest BCUT2D eigenvalue weighted by molar-refractivity contribution is 1.31. The lowest BCUT2D eigenvalue weighted by Crippen LogP contribution is -1.90. The highest BCUT2D eigenvalue weighted by Crippen LogP contribution is 2.39. The van der Waals surface area contributed by atoms with Gasteiger partial charge in [-0.2, -0.15) is 0 Å². The highest BCUT2D eigenvalue weighted by molar-refractivity contribution is 6.18. The molecule has 8 bridgehead atoms. The zero-order valence-electron chi connectivity index (χ0n) is 27.1. The average Bonchev–Trinajstić information content (AvgIpc) is 4.00. The summed E-state index contributed by atoms with van der Waals surface area (Å²) in [4.78, 5) is 18.4. The number of nitrogens with zero attached hydrogens (tertiary/aromatic N) is 2. The van der Waals surface area contributed by atoms with Crippen LogP contribution < -0.4 is 0 Å². The van der Waals surface area contributed by atoms with E-state index in [1.54, 1.807) is 0 Å². The highest BCUT2D eigenvalue weighted by Gasteiger charge is 2.20. The molecule has 2 aliphatic heterocycles. The number of nitrogens with one attached hydrogen (secondary N) is 2. The van der Waals surface area contributed by atoms with Gasteiger partial charge in [0.25, 0.3) is 0 Å². The molecule has 5 heteroatoms. The zero-order chi connectivity index (χ0) is 33.4. The number of halogens is 1. The topological polar surface area (TPSA) is 57.4 Å². The fourth-order valence-electron chi connectivity index (χ4n) is 7.09. The Bertz CT molecular complexity index is 2600. The lowest BCUT2D eigenvalue weighted by Gasteiger charge is -2.07. The maximum absolute atomic E-state index is 6.78. The third-order valence-corrected chi connectivity index (χ3v) is 9.63. The van der Waals surface area contributed by atoms with Crippen LogP contribution >= 0.6 is 11.6 Å². The van der Waals surface area contributed by atoms with Crippen LogP contribution in [0.15, 0.2) is 140 Å². The first-order chi connectivity index (χ1) is 24.7. The smallest absolute Gasteiger partial charge is 0.0737 e. The van der Waals surface area contributed by atoms with Crippen LogP contribution in [0.1, 0.15) is 28.3 Å². The molecule has 0 spiro atoms. The number of H-pyrrole nitrogens is 2. The lowest BCUT2D eigenvalue weighted by atomic mass is 10.0. The molecule has 0 aliphatic carbocycles. The van der Waals surface area contributed by atoms with Gasteiger partial charge in [0.1, 0.15) is 0 Å². The summed E-state index contributed by atoms with van der Waals surface area (Å²) in [6, 6.07) is 48.3. The van der Waals surface area contributed by atoms with E-state index in [9.17, 15) is 0 Å². The molecule has 238 valence electrons. The summed E-state index contributed by atoms with van der Waals surface area (Å²) in [6.07, 6.45) is 8.49. The largest absolute Gasteiger partial charge is 0.354 e. The standard InChI is InChI=1S/C45H31ClN4/c46-28-33-27-40-43(31-17-9-3-10-18-31)38-24-23-36(48-38)41(29-13-5-1-6-14-29)34-21-22-35(47-34)42(30-15-7-2-8-16-30)37-25-26-39(49-37)44(45(33)50-40)32-19-11-4-12-20-32/h1-27,47,50H,28H2. The van der Waals surface area contributed by atoms with E-state index in [0.717, 1.165) is 94.9 Å². The molecule has 0 amide bonds. The van der Waals surface area contributed by atoms with Gasteiger partial charge in [0.05, 0.1) is 28.3 Å². The van der Waals surface area contributed by atoms with Crippen molar-refractivity contribution in [2.75, 3.05) is 0 Å². The first-order valence-corrected chi connectivity index (χ1v) is 17.3. The van der Waals surface area contributed by atoms with Crippen molar-refractivity contribution >= 4 is 58.0 Å². The van der Waals surface area contributed by atoms with E-state index >= 15 is 0 Å². The number of hydrogen-bond acceptors (Lipinski definition) is 2. The Kier molecular flexibility index (Phi) is 7.57. The van der Waals surface area contributed by atoms with Crippen molar-refractivity contribution in [2.45, 2.75) is 5.88 Å². The van der Waals surface area contributed by atoms with Gasteiger partial charge in [-0.1, -0.05) is 121 Å². The molecule has 0 atom stereocenters. The highest BCUT2D eigenvalue weighted by atomic mass is 35.5. The van der Waals surface area contributed by atoms with Gasteiger partial charge in [0, 0.05) is 44.7 Å². The fraction of sp³-hybridized carbons (Fsp3) is 0.0222. The summed E-state index contributed by atoms with van der Waals surface area (Å²) in [6.45, 7) is 0. The predicted octanol–water partition coefficient (Wildman–Crippen LogP) is 12.1. The second kappa shape index (κ2) is 12.7. The quantitative estimate of drug-likeness (QED) is 0.180. The third-order valence-electron chi connectivity index (χ3n) is 9.34. The van der Waals surface area contributed by atoms with E-state index in [0.29, 0.717) is 5.88 Å². The monoisotopic (exact) mass is 662 g/mol. The second-order valence-electron chi connectivity index (χ2n) is 12.4. The van der Waals surface area contributed by atoms with Crippen LogP contribution in [0.5, 0.6) is 0 Å². The van der Waals surface area contributed by atoms with Crippen LogP contribution in [-0.2, 0) is 5.88 Å². The molecule has 4 nitrogen and oxygen atoms in total. The summed E-state index contributed by atoms with van der Waals surface area (Å²) in [5, 5.41) is 0. The Morgan fingerprint density at radius 3 is 1.16 bits per heavy atom. The van der Waals surface area contributed by atoms with Crippen molar-refractivity contribution in [3.05, 3.63) is 168 Å². The average molecular weight is 663 g/mol. The molecule has 0 saturated heterocycles. The van der Waals surface area contributed by atoms with E-state index in [-0.39, 0.29) is 0 Å². The van der Waals surface area contributed by atoms with Crippen LogP contribution in [0.2, 0.25) is 0 Å². The molecular formula is C45H31ClN4. The van der Waals surface area contributed by atoms with Gasteiger partial charge in [-0.15, -0.1) is 11.6 Å². The van der Waals surface area contributed by atoms with Crippen LogP contribution in [0, 0.1) is 0 Å². The van der Waals surface area contributed by atoms with Gasteiger partial charge < -0.3 is 9.97 Å². The Morgan fingerprint density at radius 1 is 0.400 bits per heavy atom. The van der Waals surface area contributed by atoms with Gasteiger partial charge in [0.2, 0.25) is 0 Å². The molecule has 5 heterocycles. The van der Waals surface area contributed by atoms with Crippen LogP contribution in [-0.4, -0.2) is 19.9 Å². The molecular weight excluding hydrogens is 632 g/mol. The molecule has 2 aliphatic rings. The van der Waals surface area contributed by atoms with Crippen molar-refractivity contribution in [1.82, 2.24) is 19.9 Å². The first kappa shape index (κ1) is 29.9. The summed E-state index contributed by atoms with van der Waals surface area (Å²) in [7, 11) is 0. The Morgan fingerprint density at radius 2 is 0.760 bits per heavy atom. The first-order valence-electron chi connectivity index (χ1n) is 16.7. The molecule has 50 heavy (non-hydrogen) atoms. The van der Waals surface area contributed by atoms with Gasteiger partial charge in [0.15, 0.2) is 0 Å². The molecule has 3 aromatic heterocycles. The molecule has 0 unspecified atom stereocenters. The summed E-state index contributed by atoms with van der Waals surface area (Å²) in [5.41, 5.74) is 16.7. The summed E-state index contributed by atoms with van der Waals surface area (Å²) >= 11 is 6.78. The van der Waals surface area contributed by atoms with Crippen molar-refractivity contribution in [2.24, 2.45) is 0 Å². The molecule has 9 rings (SSSR count). The number of benzene rings is 4. The van der Waals surface area contributed by atoms with Crippen molar-refractivity contribution in [3.8, 4) is 44.5 Å². The normalized spacial score (nSPS) is 12.0. The number of aromatic amines is 2. The number of aromatic nitrogens is 4. The Hall–Kier alpha value is -6.23. The number of alkyl halides is 1. The summed E-state index contributed by atoms with van der Waals surface area (Å²) in [5.74, 6) is 0.329. The minimum Gasteiger partial charge on any atom is -0.354 e. The third kappa shape index (κ3) is 5.27. The molecule has 0 saturated carbocycles. The van der Waals surface area contributed by atoms with E-state index in [1.165, 1.54) is 0 Å². The van der Waals surface area contributed by atoms with E-state index < -0.39 is 0 Å². The van der Waals surface area contributed by atoms with Gasteiger partial charge in [-0.3, -0.25) is 0 Å². The predicted molar refractivity (Wildman–Crippen MR) is 210 cm³/mol. The fourth-order valence-corrected chi connectivity index (χ4v) is 7.30. The maximum atomic E-state index is 6.78. The van der Waals surface area contributed by atoms with E-state index in [1.807, 2.05) is 24.3 Å². The maximum Gasteiger partial charge on any atom is 0.0737 e. The Balaban J connectivity index is 1.51. The minimum absolute atomic E-state index is 0.329. The second-order valence-corrected chi connectivity index (χ2v) is 12.7. The van der Waals surface area contributed by atoms with Crippen LogP contribution in [0.25, 0.3) is 90.9 Å². The van der Waals surface area contributed by atoms with Crippen molar-refractivity contribution in [1.29, 1.82) is 0 Å². The minimum atomic E-state index is 0.329. The molecule has 0 fully saturated rings. The Labute approximate surface area is 295 Å². The van der Waals surface area contributed by atoms with Gasteiger partial charge >= 0.3 is 0 Å². The summed E-state index contributed by atoms with van der Waals surface area (Å²) < 4.78 is 0. The number of hydrogen-bond donors (Lipinski definition) is 2. The van der Waals surface area contributed by atoms with E-state index in [2.05, 4.69) is 150 Å². The van der Waals surface area contributed by atoms with Crippen molar-refractivity contribution < 1.29 is 0 Å². The van der Waals surface area contributed by atoms with E-state index in [4.69, 9.17) is 21.6 Å². The van der Waals surface area contributed by atoms with Crippen LogP contribution in [0.4, 0.5) is 0 Å². The molecule has 2 N–H and O–H groups in total. The van der Waals surface area contributed by atoms with Crippen molar-refractivity contribution in [3.63, 3.8) is 0 Å².